The van der Waals surface area contributed by atoms with Gasteiger partial charge in [-0.1, -0.05) is 25.1 Å². The summed E-state index contributed by atoms with van der Waals surface area (Å²) in [5.41, 5.74) is 3.01. The van der Waals surface area contributed by atoms with Crippen LogP contribution >= 0.6 is 0 Å². The minimum Gasteiger partial charge on any atom is -0.389 e. The van der Waals surface area contributed by atoms with E-state index in [9.17, 15) is 15.0 Å². The van der Waals surface area contributed by atoms with Crippen molar-refractivity contribution in [3.63, 3.8) is 0 Å². The molecule has 0 radical (unpaired) electrons. The van der Waals surface area contributed by atoms with Crippen LogP contribution in [0.1, 0.15) is 30.0 Å². The molecule has 25 heavy (non-hydrogen) atoms. The Morgan fingerprint density at radius 1 is 1.32 bits per heavy atom. The van der Waals surface area contributed by atoms with Crippen LogP contribution in [0.15, 0.2) is 41.2 Å². The van der Waals surface area contributed by atoms with E-state index >= 15 is 0 Å². The highest BCUT2D eigenvalue weighted by Crippen LogP contribution is 2.41. The summed E-state index contributed by atoms with van der Waals surface area (Å²) in [5, 5.41) is 22.2. The number of fused-ring (bicyclic) bond motifs is 5. The van der Waals surface area contributed by atoms with Crippen LogP contribution in [0.4, 0.5) is 0 Å². The van der Waals surface area contributed by atoms with Crippen molar-refractivity contribution in [1.82, 2.24) is 9.55 Å². The van der Waals surface area contributed by atoms with Crippen molar-refractivity contribution in [2.75, 3.05) is 0 Å². The Hall–Kier alpha value is -2.50. The maximum atomic E-state index is 13.0. The molecule has 126 valence electrons. The SMILES string of the molecule is CCC1(O)c2cc3n(c(=O)c2CC1O)Cc1cc2ccccc2nc1-3. The monoisotopic (exact) mass is 334 g/mol. The smallest absolute Gasteiger partial charge is 0.255 e. The molecular formula is C20H18N2O3. The van der Waals surface area contributed by atoms with Crippen molar-refractivity contribution in [2.45, 2.75) is 38.0 Å². The standard InChI is InChI=1S/C20H18N2O3/c1-2-20(25)14-9-16-18-12(7-11-5-3-4-6-15(11)21-18)10-22(16)19(24)13(14)8-17(20)23/h3-7,9,17,23,25H,2,8,10H2,1H3. The lowest BCUT2D eigenvalue weighted by molar-refractivity contribution is -0.0699. The molecule has 2 aromatic heterocycles. The Morgan fingerprint density at radius 3 is 2.92 bits per heavy atom. The average molecular weight is 334 g/mol. The molecule has 3 heterocycles. The van der Waals surface area contributed by atoms with Gasteiger partial charge in [0.05, 0.1) is 29.6 Å². The van der Waals surface area contributed by atoms with Crippen molar-refractivity contribution >= 4 is 10.9 Å². The van der Waals surface area contributed by atoms with Gasteiger partial charge in [-0.05, 0) is 30.2 Å². The largest absolute Gasteiger partial charge is 0.389 e. The molecule has 1 aliphatic carbocycles. The first-order chi connectivity index (χ1) is 12.0. The van der Waals surface area contributed by atoms with Gasteiger partial charge in [0.1, 0.15) is 5.60 Å². The number of aliphatic hydroxyl groups excluding tert-OH is 1. The minimum atomic E-state index is -1.36. The molecule has 5 nitrogen and oxygen atoms in total. The molecule has 2 aliphatic rings. The Bertz CT molecular complexity index is 1100. The van der Waals surface area contributed by atoms with E-state index in [2.05, 4.69) is 6.07 Å². The zero-order valence-corrected chi connectivity index (χ0v) is 13.9. The molecule has 0 saturated heterocycles. The van der Waals surface area contributed by atoms with Crippen molar-refractivity contribution in [1.29, 1.82) is 0 Å². The summed E-state index contributed by atoms with van der Waals surface area (Å²) in [7, 11) is 0. The van der Waals surface area contributed by atoms with Crippen LogP contribution < -0.4 is 5.56 Å². The van der Waals surface area contributed by atoms with Gasteiger partial charge < -0.3 is 14.8 Å². The van der Waals surface area contributed by atoms with Crippen LogP contribution in [0, 0.1) is 0 Å². The number of aliphatic hydroxyl groups is 2. The fraction of sp³-hybridized carbons (Fsp3) is 0.300. The molecule has 2 unspecified atom stereocenters. The van der Waals surface area contributed by atoms with Gasteiger partial charge in [0.15, 0.2) is 0 Å². The maximum Gasteiger partial charge on any atom is 0.255 e. The zero-order chi connectivity index (χ0) is 17.3. The van der Waals surface area contributed by atoms with E-state index in [1.54, 1.807) is 4.57 Å². The van der Waals surface area contributed by atoms with Crippen molar-refractivity contribution < 1.29 is 10.2 Å². The number of aromatic nitrogens is 2. The summed E-state index contributed by atoms with van der Waals surface area (Å²) in [6, 6.07) is 11.8. The highest BCUT2D eigenvalue weighted by molar-refractivity contribution is 5.84. The third-order valence-corrected chi connectivity index (χ3v) is 5.73. The number of hydrogen-bond acceptors (Lipinski definition) is 4. The molecule has 2 atom stereocenters. The van der Waals surface area contributed by atoms with Crippen LogP contribution in [-0.4, -0.2) is 25.9 Å². The van der Waals surface area contributed by atoms with Crippen LogP contribution in [0.2, 0.25) is 0 Å². The molecule has 3 aromatic rings. The number of para-hydroxylation sites is 1. The highest BCUT2D eigenvalue weighted by Gasteiger charge is 2.46. The first kappa shape index (κ1) is 14.8. The van der Waals surface area contributed by atoms with E-state index < -0.39 is 11.7 Å². The number of pyridine rings is 2. The predicted molar refractivity (Wildman–Crippen MR) is 94.4 cm³/mol. The molecule has 1 aromatic carbocycles. The second kappa shape index (κ2) is 4.77. The number of hydrogen-bond donors (Lipinski definition) is 2. The summed E-state index contributed by atoms with van der Waals surface area (Å²) in [6.45, 7) is 2.30. The predicted octanol–water partition coefficient (Wildman–Crippen LogP) is 1.94. The molecule has 0 fully saturated rings. The Balaban J connectivity index is 1.80. The van der Waals surface area contributed by atoms with Crippen LogP contribution in [0.3, 0.4) is 0 Å². The second-order valence-electron chi connectivity index (χ2n) is 7.00. The summed E-state index contributed by atoms with van der Waals surface area (Å²) in [5.74, 6) is 0. The molecule has 0 spiro atoms. The van der Waals surface area contributed by atoms with Gasteiger partial charge in [-0.25, -0.2) is 4.98 Å². The van der Waals surface area contributed by atoms with Crippen LogP contribution in [0.5, 0.6) is 0 Å². The van der Waals surface area contributed by atoms with E-state index in [1.807, 2.05) is 37.3 Å². The van der Waals surface area contributed by atoms with E-state index in [4.69, 9.17) is 4.98 Å². The Labute approximate surface area is 144 Å². The molecule has 5 rings (SSSR count). The van der Waals surface area contributed by atoms with Gasteiger partial charge in [0.2, 0.25) is 0 Å². The van der Waals surface area contributed by atoms with Gasteiger partial charge in [0.25, 0.3) is 5.56 Å². The minimum absolute atomic E-state index is 0.127. The van der Waals surface area contributed by atoms with Gasteiger partial charge in [-0.15, -0.1) is 0 Å². The number of rotatable bonds is 1. The van der Waals surface area contributed by atoms with Crippen LogP contribution in [0.25, 0.3) is 22.3 Å². The molecule has 5 heteroatoms. The van der Waals surface area contributed by atoms with Crippen molar-refractivity contribution in [3.8, 4) is 11.4 Å². The Morgan fingerprint density at radius 2 is 2.12 bits per heavy atom. The van der Waals surface area contributed by atoms with E-state index in [0.29, 0.717) is 24.1 Å². The quantitative estimate of drug-likeness (QED) is 0.558. The highest BCUT2D eigenvalue weighted by atomic mass is 16.3. The Kier molecular flexibility index (Phi) is 2.83. The number of nitrogens with zero attached hydrogens (tertiary/aromatic N) is 2. The first-order valence-electron chi connectivity index (χ1n) is 8.59. The van der Waals surface area contributed by atoms with E-state index in [-0.39, 0.29) is 12.0 Å². The number of benzene rings is 1. The van der Waals surface area contributed by atoms with Gasteiger partial charge in [-0.2, -0.15) is 0 Å². The summed E-state index contributed by atoms with van der Waals surface area (Å²) < 4.78 is 1.71. The van der Waals surface area contributed by atoms with E-state index in [0.717, 1.165) is 27.9 Å². The molecule has 1 aliphatic heterocycles. The molecule has 0 amide bonds. The maximum absolute atomic E-state index is 13.0. The summed E-state index contributed by atoms with van der Waals surface area (Å²) >= 11 is 0. The fourth-order valence-electron chi connectivity index (χ4n) is 4.27. The zero-order valence-electron chi connectivity index (χ0n) is 13.9. The third kappa shape index (κ3) is 1.79. The summed E-state index contributed by atoms with van der Waals surface area (Å²) in [4.78, 5) is 17.7. The van der Waals surface area contributed by atoms with E-state index in [1.165, 1.54) is 0 Å². The topological polar surface area (TPSA) is 75.4 Å². The van der Waals surface area contributed by atoms with Crippen molar-refractivity contribution in [3.05, 3.63) is 63.4 Å². The fourth-order valence-corrected chi connectivity index (χ4v) is 4.27. The van der Waals surface area contributed by atoms with Gasteiger partial charge in [0, 0.05) is 22.9 Å². The molecule has 0 bridgehead atoms. The van der Waals surface area contributed by atoms with Gasteiger partial charge in [-0.3, -0.25) is 4.79 Å². The van der Waals surface area contributed by atoms with Crippen molar-refractivity contribution in [2.24, 2.45) is 0 Å². The van der Waals surface area contributed by atoms with Crippen LogP contribution in [-0.2, 0) is 18.6 Å². The lowest BCUT2D eigenvalue weighted by atomic mass is 9.91. The lowest BCUT2D eigenvalue weighted by Crippen LogP contribution is -2.35. The average Bonchev–Trinajstić information content (AvgIpc) is 3.10. The molecular weight excluding hydrogens is 316 g/mol. The molecule has 2 N–H and O–H groups in total. The summed E-state index contributed by atoms with van der Waals surface area (Å²) in [6.07, 6.45) is -0.376. The first-order valence-corrected chi connectivity index (χ1v) is 8.59. The third-order valence-electron chi connectivity index (χ3n) is 5.73. The lowest BCUT2D eigenvalue weighted by Gasteiger charge is -2.26. The normalized spacial score (nSPS) is 23.6. The molecule has 0 saturated carbocycles. The second-order valence-corrected chi connectivity index (χ2v) is 7.00. The van der Waals surface area contributed by atoms with Gasteiger partial charge >= 0.3 is 0 Å².